The Labute approximate surface area is 167 Å². The van der Waals surface area contributed by atoms with Crippen molar-refractivity contribution in [2.75, 3.05) is 12.0 Å². The molecule has 1 atom stereocenters. The van der Waals surface area contributed by atoms with Crippen LogP contribution in [0.1, 0.15) is 30.0 Å². The number of carbonyl (C=O) groups is 1. The highest BCUT2D eigenvalue weighted by atomic mass is 32.2. The maximum absolute atomic E-state index is 11.6. The summed E-state index contributed by atoms with van der Waals surface area (Å²) in [7, 11) is -3.25. The van der Waals surface area contributed by atoms with Crippen LogP contribution in [0, 0.1) is 6.92 Å². The third-order valence-electron chi connectivity index (χ3n) is 4.68. The highest BCUT2D eigenvalue weighted by Crippen LogP contribution is 2.31. The molecule has 2 aromatic carbocycles. The lowest BCUT2D eigenvalue weighted by atomic mass is 9.92. The maximum atomic E-state index is 11.6. The van der Waals surface area contributed by atoms with E-state index in [1.165, 1.54) is 5.56 Å². The zero-order valence-corrected chi connectivity index (χ0v) is 17.3. The third-order valence-corrected chi connectivity index (χ3v) is 5.65. The molecule has 0 spiro atoms. The van der Waals surface area contributed by atoms with E-state index in [9.17, 15) is 18.3 Å². The van der Waals surface area contributed by atoms with Gasteiger partial charge in [-0.15, -0.1) is 0 Å². The molecule has 0 aliphatic rings. The van der Waals surface area contributed by atoms with E-state index in [4.69, 9.17) is 0 Å². The lowest BCUT2D eigenvalue weighted by molar-refractivity contribution is -0.139. The summed E-state index contributed by atoms with van der Waals surface area (Å²) in [6, 6.07) is 13.0. The molecule has 0 bridgehead atoms. The first-order chi connectivity index (χ1) is 13.1. The van der Waals surface area contributed by atoms with E-state index in [-0.39, 0.29) is 12.2 Å². The average molecular weight is 402 g/mol. The average Bonchev–Trinajstić information content (AvgIpc) is 2.63. The number of aliphatic carboxylic acids is 1. The fourth-order valence-corrected chi connectivity index (χ4v) is 3.71. The molecule has 0 aromatic heterocycles. The van der Waals surface area contributed by atoms with Gasteiger partial charge in [-0.3, -0.25) is 0 Å². The molecule has 150 valence electrons. The Kier molecular flexibility index (Phi) is 7.02. The van der Waals surface area contributed by atoms with Crippen molar-refractivity contribution in [2.24, 2.45) is 0 Å². The summed E-state index contributed by atoms with van der Waals surface area (Å²) in [6.45, 7) is 8.15. The minimum Gasteiger partial charge on any atom is -0.480 e. The summed E-state index contributed by atoms with van der Waals surface area (Å²) in [5.41, 5.74) is 5.57. The van der Waals surface area contributed by atoms with Crippen LogP contribution in [0.25, 0.3) is 16.8 Å². The number of carboxylic acid groups (broad SMARTS) is 1. The summed E-state index contributed by atoms with van der Waals surface area (Å²) < 4.78 is 22.8. The molecule has 0 radical (unpaired) electrons. The van der Waals surface area contributed by atoms with Gasteiger partial charge in [-0.05, 0) is 42.0 Å². The molecule has 0 heterocycles. The van der Waals surface area contributed by atoms with E-state index in [1.54, 1.807) is 0 Å². The first-order valence-corrected chi connectivity index (χ1v) is 11.2. The van der Waals surface area contributed by atoms with Gasteiger partial charge >= 0.3 is 5.97 Å². The number of aryl methyl sites for hydroxylation is 2. The predicted molar refractivity (Wildman–Crippen MR) is 114 cm³/mol. The lowest BCUT2D eigenvalue weighted by Crippen LogP contribution is -2.37. The Hall–Kier alpha value is -2.60. The Bertz CT molecular complexity index is 980. The first kappa shape index (κ1) is 21.7. The summed E-state index contributed by atoms with van der Waals surface area (Å²) >= 11 is 0. The molecule has 0 aliphatic carbocycles. The van der Waals surface area contributed by atoms with Crippen LogP contribution in [0.5, 0.6) is 0 Å². The number of benzene rings is 2. The Morgan fingerprint density at radius 2 is 1.86 bits per heavy atom. The maximum Gasteiger partial charge on any atom is 0.326 e. The molecule has 28 heavy (non-hydrogen) atoms. The number of carboxylic acids is 1. The molecule has 6 heteroatoms. The van der Waals surface area contributed by atoms with Crippen molar-refractivity contribution in [2.45, 2.75) is 32.7 Å². The van der Waals surface area contributed by atoms with E-state index in [0.717, 1.165) is 34.9 Å². The van der Waals surface area contributed by atoms with Crippen LogP contribution in [-0.4, -0.2) is 37.5 Å². The van der Waals surface area contributed by atoms with Crippen molar-refractivity contribution in [3.05, 3.63) is 65.7 Å². The number of sulfone groups is 1. The van der Waals surface area contributed by atoms with Crippen LogP contribution >= 0.6 is 0 Å². The standard InChI is InChI=1S/C22H27NO4S/c1-5-17-10-11-19(20(14-17)18-9-7-6-8-15(18)2)16(3)23-21(22(24)25)12-13-28(4,26)27/h6-11,14,21,23H,3,5,12-13H2,1-2,4H3,(H,24,25). The smallest absolute Gasteiger partial charge is 0.326 e. The minimum absolute atomic E-state index is 0.0278. The summed E-state index contributed by atoms with van der Waals surface area (Å²) in [6.07, 6.45) is 1.95. The van der Waals surface area contributed by atoms with Gasteiger partial charge in [0, 0.05) is 17.5 Å². The second kappa shape index (κ2) is 9.06. The van der Waals surface area contributed by atoms with Crippen molar-refractivity contribution in [3.8, 4) is 11.1 Å². The van der Waals surface area contributed by atoms with Crippen LogP contribution in [0.4, 0.5) is 0 Å². The zero-order valence-electron chi connectivity index (χ0n) is 16.5. The van der Waals surface area contributed by atoms with E-state index < -0.39 is 21.8 Å². The summed E-state index contributed by atoms with van der Waals surface area (Å²) in [5, 5.41) is 12.4. The van der Waals surface area contributed by atoms with Crippen LogP contribution in [0.15, 0.2) is 49.0 Å². The molecule has 0 aliphatic heterocycles. The van der Waals surface area contributed by atoms with Gasteiger partial charge in [0.2, 0.25) is 0 Å². The van der Waals surface area contributed by atoms with Crippen molar-refractivity contribution >= 4 is 21.5 Å². The second-order valence-electron chi connectivity index (χ2n) is 6.98. The molecular weight excluding hydrogens is 374 g/mol. The van der Waals surface area contributed by atoms with Crippen LogP contribution < -0.4 is 5.32 Å². The normalized spacial score (nSPS) is 12.4. The number of hydrogen-bond acceptors (Lipinski definition) is 4. The number of rotatable bonds is 9. The number of hydrogen-bond donors (Lipinski definition) is 2. The van der Waals surface area contributed by atoms with Gasteiger partial charge in [0.25, 0.3) is 0 Å². The quantitative estimate of drug-likeness (QED) is 0.670. The van der Waals surface area contributed by atoms with Crippen LogP contribution in [-0.2, 0) is 21.1 Å². The Morgan fingerprint density at radius 1 is 1.18 bits per heavy atom. The van der Waals surface area contributed by atoms with Gasteiger partial charge in [0.05, 0.1) is 5.75 Å². The van der Waals surface area contributed by atoms with Crippen molar-refractivity contribution in [1.29, 1.82) is 0 Å². The van der Waals surface area contributed by atoms with E-state index in [0.29, 0.717) is 5.70 Å². The molecule has 1 unspecified atom stereocenters. The molecule has 0 saturated carbocycles. The van der Waals surface area contributed by atoms with Crippen molar-refractivity contribution in [1.82, 2.24) is 5.32 Å². The van der Waals surface area contributed by atoms with E-state index in [2.05, 4.69) is 24.9 Å². The molecule has 2 aromatic rings. The Morgan fingerprint density at radius 3 is 2.43 bits per heavy atom. The van der Waals surface area contributed by atoms with Gasteiger partial charge in [-0.1, -0.05) is 56.0 Å². The molecule has 0 fully saturated rings. The van der Waals surface area contributed by atoms with Crippen molar-refractivity contribution < 1.29 is 18.3 Å². The van der Waals surface area contributed by atoms with E-state index >= 15 is 0 Å². The Balaban J connectivity index is 2.39. The fourth-order valence-electron chi connectivity index (χ4n) is 3.05. The van der Waals surface area contributed by atoms with Gasteiger partial charge in [0.1, 0.15) is 15.9 Å². The first-order valence-electron chi connectivity index (χ1n) is 9.17. The summed E-state index contributed by atoms with van der Waals surface area (Å²) in [5.74, 6) is -1.31. The lowest BCUT2D eigenvalue weighted by Gasteiger charge is -2.20. The molecule has 5 nitrogen and oxygen atoms in total. The highest BCUT2D eigenvalue weighted by molar-refractivity contribution is 7.90. The molecule has 2 rings (SSSR count). The highest BCUT2D eigenvalue weighted by Gasteiger charge is 2.21. The summed E-state index contributed by atoms with van der Waals surface area (Å²) in [4.78, 5) is 11.6. The molecule has 2 N–H and O–H groups in total. The van der Waals surface area contributed by atoms with Gasteiger partial charge in [-0.2, -0.15) is 0 Å². The molecule has 0 amide bonds. The minimum atomic E-state index is -3.25. The fraction of sp³-hybridized carbons (Fsp3) is 0.318. The monoisotopic (exact) mass is 401 g/mol. The van der Waals surface area contributed by atoms with Gasteiger partial charge in [0.15, 0.2) is 0 Å². The predicted octanol–water partition coefficient (Wildman–Crippen LogP) is 3.67. The second-order valence-corrected chi connectivity index (χ2v) is 9.24. The van der Waals surface area contributed by atoms with Gasteiger partial charge < -0.3 is 10.4 Å². The van der Waals surface area contributed by atoms with Crippen LogP contribution in [0.2, 0.25) is 0 Å². The largest absolute Gasteiger partial charge is 0.480 e. The topological polar surface area (TPSA) is 83.5 Å². The number of nitrogens with one attached hydrogen (secondary N) is 1. The van der Waals surface area contributed by atoms with E-state index in [1.807, 2.05) is 43.3 Å². The third kappa shape index (κ3) is 5.70. The zero-order chi connectivity index (χ0) is 20.9. The van der Waals surface area contributed by atoms with Crippen LogP contribution in [0.3, 0.4) is 0 Å². The van der Waals surface area contributed by atoms with Crippen molar-refractivity contribution in [3.63, 3.8) is 0 Å². The molecule has 0 saturated heterocycles. The SMILES string of the molecule is C=C(NC(CCS(C)(=O)=O)C(=O)O)c1ccc(CC)cc1-c1ccccc1C. The molecular formula is C22H27NO4S. The van der Waals surface area contributed by atoms with Gasteiger partial charge in [-0.25, -0.2) is 13.2 Å².